The topological polar surface area (TPSA) is 29.3 Å². The highest BCUT2D eigenvalue weighted by atomic mass is 35.5. The van der Waals surface area contributed by atoms with E-state index in [-0.39, 0.29) is 6.04 Å². The molecule has 18 heavy (non-hydrogen) atoms. The van der Waals surface area contributed by atoms with E-state index in [0.717, 1.165) is 16.8 Å². The van der Waals surface area contributed by atoms with E-state index in [0.29, 0.717) is 12.1 Å². The van der Waals surface area contributed by atoms with Gasteiger partial charge in [-0.1, -0.05) is 18.5 Å². The van der Waals surface area contributed by atoms with Crippen molar-refractivity contribution in [3.63, 3.8) is 0 Å². The van der Waals surface area contributed by atoms with E-state index < -0.39 is 0 Å². The standard InChI is InChI=1S/C14H23ClN2S/c1-9-4-5-10(2)17(8-9)14(11(3)16)12-6-7-13(15)18-12/h6-7,9-11,14H,4-5,8,16H2,1-3H3. The molecule has 2 N–H and O–H groups in total. The largest absolute Gasteiger partial charge is 0.326 e. The molecule has 1 aliphatic heterocycles. The van der Waals surface area contributed by atoms with E-state index in [4.69, 9.17) is 17.3 Å². The first-order chi connectivity index (χ1) is 8.49. The fraction of sp³-hybridized carbons (Fsp3) is 0.714. The lowest BCUT2D eigenvalue weighted by Crippen LogP contribution is -2.48. The molecular formula is C14H23ClN2S. The number of nitrogens with zero attached hydrogens (tertiary/aromatic N) is 1. The van der Waals surface area contributed by atoms with Gasteiger partial charge in [-0.3, -0.25) is 4.90 Å². The van der Waals surface area contributed by atoms with Crippen LogP contribution in [0.5, 0.6) is 0 Å². The van der Waals surface area contributed by atoms with Gasteiger partial charge >= 0.3 is 0 Å². The van der Waals surface area contributed by atoms with Crippen LogP contribution in [0.1, 0.15) is 44.5 Å². The lowest BCUT2D eigenvalue weighted by Gasteiger charge is -2.43. The Morgan fingerprint density at radius 1 is 1.39 bits per heavy atom. The monoisotopic (exact) mass is 286 g/mol. The van der Waals surface area contributed by atoms with Gasteiger partial charge in [-0.05, 0) is 44.7 Å². The molecule has 1 aromatic heterocycles. The minimum Gasteiger partial charge on any atom is -0.326 e. The van der Waals surface area contributed by atoms with Gasteiger partial charge in [-0.2, -0.15) is 0 Å². The average molecular weight is 287 g/mol. The van der Waals surface area contributed by atoms with Crippen LogP contribution in [0, 0.1) is 5.92 Å². The molecule has 2 nitrogen and oxygen atoms in total. The molecule has 1 fully saturated rings. The highest BCUT2D eigenvalue weighted by Crippen LogP contribution is 2.36. The predicted molar refractivity (Wildman–Crippen MR) is 80.3 cm³/mol. The van der Waals surface area contributed by atoms with Crippen LogP contribution in [0.15, 0.2) is 12.1 Å². The number of thiophene rings is 1. The van der Waals surface area contributed by atoms with Gasteiger partial charge in [-0.25, -0.2) is 0 Å². The SMILES string of the molecule is CC1CCC(C)N(C(c2ccc(Cl)s2)C(C)N)C1. The van der Waals surface area contributed by atoms with Crippen molar-refractivity contribution in [3.05, 3.63) is 21.3 Å². The smallest absolute Gasteiger partial charge is 0.0931 e. The van der Waals surface area contributed by atoms with E-state index in [1.54, 1.807) is 11.3 Å². The van der Waals surface area contributed by atoms with Gasteiger partial charge in [0.1, 0.15) is 0 Å². The molecule has 0 radical (unpaired) electrons. The fourth-order valence-corrected chi connectivity index (χ4v) is 4.22. The predicted octanol–water partition coefficient (Wildman–Crippen LogP) is 3.91. The Hall–Kier alpha value is -0.0900. The maximum Gasteiger partial charge on any atom is 0.0931 e. The van der Waals surface area contributed by atoms with Crippen molar-refractivity contribution >= 4 is 22.9 Å². The lowest BCUT2D eigenvalue weighted by atomic mass is 9.91. The molecular weight excluding hydrogens is 264 g/mol. The Morgan fingerprint density at radius 2 is 2.11 bits per heavy atom. The van der Waals surface area contributed by atoms with Crippen molar-refractivity contribution in [1.29, 1.82) is 0 Å². The van der Waals surface area contributed by atoms with Gasteiger partial charge in [0.15, 0.2) is 0 Å². The number of hydrogen-bond donors (Lipinski definition) is 1. The van der Waals surface area contributed by atoms with Crippen molar-refractivity contribution in [2.75, 3.05) is 6.54 Å². The van der Waals surface area contributed by atoms with E-state index in [2.05, 4.69) is 31.7 Å². The molecule has 1 saturated heterocycles. The number of hydrogen-bond acceptors (Lipinski definition) is 3. The Balaban J connectivity index is 2.24. The second kappa shape index (κ2) is 5.91. The quantitative estimate of drug-likeness (QED) is 0.913. The normalized spacial score (nSPS) is 29.2. The number of nitrogens with two attached hydrogens (primary N) is 1. The Morgan fingerprint density at radius 3 is 2.67 bits per heavy atom. The zero-order chi connectivity index (χ0) is 13.3. The zero-order valence-electron chi connectivity index (χ0n) is 11.4. The average Bonchev–Trinajstić information content (AvgIpc) is 2.70. The van der Waals surface area contributed by atoms with Crippen LogP contribution in [0.25, 0.3) is 0 Å². The summed E-state index contributed by atoms with van der Waals surface area (Å²) in [6.07, 6.45) is 2.60. The molecule has 4 atom stereocenters. The Labute approximate surface area is 119 Å². The third-order valence-corrected chi connectivity index (χ3v) is 5.21. The number of piperidine rings is 1. The van der Waals surface area contributed by atoms with E-state index in [9.17, 15) is 0 Å². The van der Waals surface area contributed by atoms with Crippen LogP contribution in [0.2, 0.25) is 4.34 Å². The van der Waals surface area contributed by atoms with E-state index >= 15 is 0 Å². The minimum absolute atomic E-state index is 0.132. The van der Waals surface area contributed by atoms with Gasteiger partial charge in [0.05, 0.1) is 10.4 Å². The number of rotatable bonds is 3. The number of halogens is 1. The molecule has 0 aliphatic carbocycles. The first kappa shape index (κ1) is 14.3. The summed E-state index contributed by atoms with van der Waals surface area (Å²) in [7, 11) is 0. The maximum absolute atomic E-state index is 6.24. The van der Waals surface area contributed by atoms with Crippen LogP contribution >= 0.6 is 22.9 Å². The molecule has 2 heterocycles. The maximum atomic E-state index is 6.24. The fourth-order valence-electron chi connectivity index (χ4n) is 2.92. The van der Waals surface area contributed by atoms with Crippen molar-refractivity contribution < 1.29 is 0 Å². The summed E-state index contributed by atoms with van der Waals surface area (Å²) in [6.45, 7) is 7.89. The molecule has 0 spiro atoms. The summed E-state index contributed by atoms with van der Waals surface area (Å²) in [5, 5.41) is 0. The second-order valence-corrected chi connectivity index (χ2v) is 7.42. The van der Waals surface area contributed by atoms with Gasteiger partial charge in [-0.15, -0.1) is 11.3 Å². The molecule has 4 heteroatoms. The van der Waals surface area contributed by atoms with Crippen molar-refractivity contribution in [2.24, 2.45) is 11.7 Å². The molecule has 0 saturated carbocycles. The van der Waals surface area contributed by atoms with E-state index in [1.807, 2.05) is 6.07 Å². The van der Waals surface area contributed by atoms with Crippen LogP contribution in [0.4, 0.5) is 0 Å². The zero-order valence-corrected chi connectivity index (χ0v) is 13.0. The molecule has 2 rings (SSSR count). The summed E-state index contributed by atoms with van der Waals surface area (Å²) in [5.41, 5.74) is 6.24. The van der Waals surface area contributed by atoms with Gasteiger partial charge < -0.3 is 5.73 Å². The van der Waals surface area contributed by atoms with Crippen LogP contribution < -0.4 is 5.73 Å². The highest BCUT2D eigenvalue weighted by molar-refractivity contribution is 7.16. The van der Waals surface area contributed by atoms with Crippen molar-refractivity contribution in [2.45, 2.75) is 51.7 Å². The summed E-state index contributed by atoms with van der Waals surface area (Å²) >= 11 is 7.74. The first-order valence-electron chi connectivity index (χ1n) is 6.75. The highest BCUT2D eigenvalue weighted by Gasteiger charge is 2.32. The van der Waals surface area contributed by atoms with Crippen molar-refractivity contribution in [3.8, 4) is 0 Å². The molecule has 0 aromatic carbocycles. The summed E-state index contributed by atoms with van der Waals surface area (Å²) in [6, 6.07) is 5.16. The lowest BCUT2D eigenvalue weighted by molar-refractivity contribution is 0.0677. The third-order valence-electron chi connectivity index (χ3n) is 3.91. The molecule has 4 unspecified atom stereocenters. The minimum atomic E-state index is 0.132. The Kier molecular flexibility index (Phi) is 4.70. The molecule has 1 aliphatic rings. The Bertz CT molecular complexity index is 391. The van der Waals surface area contributed by atoms with Crippen molar-refractivity contribution in [1.82, 2.24) is 4.90 Å². The molecule has 0 amide bonds. The molecule has 1 aromatic rings. The number of likely N-dealkylation sites (tertiary alicyclic amines) is 1. The molecule has 0 bridgehead atoms. The van der Waals surface area contributed by atoms with Gasteiger partial charge in [0.2, 0.25) is 0 Å². The third kappa shape index (κ3) is 3.08. The van der Waals surface area contributed by atoms with Gasteiger partial charge in [0.25, 0.3) is 0 Å². The second-order valence-electron chi connectivity index (χ2n) is 5.67. The summed E-state index contributed by atoms with van der Waals surface area (Å²) in [4.78, 5) is 3.87. The van der Waals surface area contributed by atoms with Crippen LogP contribution in [-0.2, 0) is 0 Å². The van der Waals surface area contributed by atoms with Crippen LogP contribution in [0.3, 0.4) is 0 Å². The first-order valence-corrected chi connectivity index (χ1v) is 7.95. The van der Waals surface area contributed by atoms with E-state index in [1.165, 1.54) is 17.7 Å². The summed E-state index contributed by atoms with van der Waals surface area (Å²) < 4.78 is 0.855. The molecule has 102 valence electrons. The summed E-state index contributed by atoms with van der Waals surface area (Å²) in [5.74, 6) is 0.762. The van der Waals surface area contributed by atoms with Crippen LogP contribution in [-0.4, -0.2) is 23.5 Å². The van der Waals surface area contributed by atoms with Gasteiger partial charge in [0, 0.05) is 23.5 Å².